The van der Waals surface area contributed by atoms with Crippen LogP contribution in [0.3, 0.4) is 0 Å². The fourth-order valence-electron chi connectivity index (χ4n) is 8.74. The van der Waals surface area contributed by atoms with E-state index in [9.17, 15) is 9.90 Å². The van der Waals surface area contributed by atoms with Crippen molar-refractivity contribution in [2.45, 2.75) is 84.7 Å². The molecular weight excluding hydrogens is 422 g/mol. The molecule has 4 aliphatic carbocycles. The molecule has 7 atom stereocenters. The summed E-state index contributed by atoms with van der Waals surface area (Å²) in [6.45, 7) is 11.2. The van der Waals surface area contributed by atoms with Gasteiger partial charge in [-0.1, -0.05) is 44.1 Å². The van der Waals surface area contributed by atoms with E-state index >= 15 is 0 Å². The maximum Gasteiger partial charge on any atom is 0.234 e. The first kappa shape index (κ1) is 24.5. The molecule has 0 aromatic carbocycles. The Balaban J connectivity index is 1.22. The highest BCUT2D eigenvalue weighted by atomic mass is 16.3. The second kappa shape index (κ2) is 9.37. The number of hydrazine groups is 1. The number of hydrogen-bond donors (Lipinski definition) is 2. The summed E-state index contributed by atoms with van der Waals surface area (Å²) in [6, 6.07) is 0. The van der Waals surface area contributed by atoms with Crippen LogP contribution < -0.4 is 5.43 Å². The van der Waals surface area contributed by atoms with Gasteiger partial charge in [-0.25, -0.2) is 5.01 Å². The summed E-state index contributed by atoms with van der Waals surface area (Å²) in [6.07, 6.45) is 14.5. The van der Waals surface area contributed by atoms with Crippen molar-refractivity contribution >= 4 is 5.91 Å². The second-order valence-corrected chi connectivity index (χ2v) is 12.7. The van der Waals surface area contributed by atoms with E-state index in [-0.39, 0.29) is 17.4 Å². The van der Waals surface area contributed by atoms with Crippen LogP contribution in [0.25, 0.3) is 0 Å². The first-order chi connectivity index (χ1) is 16.2. The third-order valence-electron chi connectivity index (χ3n) is 11.0. The molecule has 2 N–H and O–H groups in total. The van der Waals surface area contributed by atoms with Gasteiger partial charge >= 0.3 is 0 Å². The standard InChI is InChI=1S/C29H47N3O2/c1-20(8-13-27(34)30-32-18-16-31(4)17-19-32)23-11-12-24-22-10-9-21-6-5-7-26(33)29(21,3)25(22)14-15-28(23,24)2/h9-10,20,23-26,33H,5-8,11-19H2,1-4H3,(H,30,34)/t20-,23-,24+,25+,26?,28-,29+/m1/s1. The molecule has 5 aliphatic rings. The van der Waals surface area contributed by atoms with E-state index in [0.29, 0.717) is 35.5 Å². The van der Waals surface area contributed by atoms with Crippen LogP contribution in [0.15, 0.2) is 23.3 Å². The Labute approximate surface area is 207 Å². The highest BCUT2D eigenvalue weighted by molar-refractivity contribution is 5.75. The summed E-state index contributed by atoms with van der Waals surface area (Å²) in [4.78, 5) is 15.0. The van der Waals surface area contributed by atoms with Gasteiger partial charge in [-0.15, -0.1) is 0 Å². The number of piperazine rings is 1. The van der Waals surface area contributed by atoms with Crippen molar-refractivity contribution in [3.8, 4) is 0 Å². The van der Waals surface area contributed by atoms with Gasteiger partial charge in [0.05, 0.1) is 6.10 Å². The van der Waals surface area contributed by atoms with Crippen molar-refractivity contribution < 1.29 is 9.90 Å². The topological polar surface area (TPSA) is 55.8 Å². The van der Waals surface area contributed by atoms with Gasteiger partial charge in [0.2, 0.25) is 5.91 Å². The normalized spacial score (nSPS) is 41.6. The summed E-state index contributed by atoms with van der Waals surface area (Å²) in [7, 11) is 2.14. The quantitative estimate of drug-likeness (QED) is 0.621. The molecule has 0 bridgehead atoms. The number of nitrogens with one attached hydrogen (secondary N) is 1. The molecule has 3 saturated carbocycles. The lowest BCUT2D eigenvalue weighted by Gasteiger charge is -2.56. The average Bonchev–Trinajstić information content (AvgIpc) is 3.17. The predicted octanol–water partition coefficient (Wildman–Crippen LogP) is 4.54. The molecule has 190 valence electrons. The zero-order valence-electron chi connectivity index (χ0n) is 22.0. The lowest BCUT2D eigenvalue weighted by molar-refractivity contribution is -0.127. The maximum atomic E-state index is 12.7. The third-order valence-corrected chi connectivity index (χ3v) is 11.0. The smallest absolute Gasteiger partial charge is 0.234 e. The zero-order chi connectivity index (χ0) is 24.1. The largest absolute Gasteiger partial charge is 0.392 e. The van der Waals surface area contributed by atoms with Crippen LogP contribution in [-0.2, 0) is 4.79 Å². The molecule has 0 radical (unpaired) electrons. The Morgan fingerprint density at radius 1 is 1.12 bits per heavy atom. The Bertz CT molecular complexity index is 844. The second-order valence-electron chi connectivity index (χ2n) is 12.7. The van der Waals surface area contributed by atoms with E-state index in [0.717, 1.165) is 51.9 Å². The minimum Gasteiger partial charge on any atom is -0.392 e. The molecule has 1 saturated heterocycles. The van der Waals surface area contributed by atoms with Gasteiger partial charge < -0.3 is 10.0 Å². The number of fused-ring (bicyclic) bond motifs is 5. The molecule has 0 spiro atoms. The molecule has 1 aliphatic heterocycles. The molecule has 0 aromatic heterocycles. The molecule has 0 aromatic rings. The number of amides is 1. The Hall–Kier alpha value is -1.17. The molecule has 4 fully saturated rings. The fourth-order valence-corrected chi connectivity index (χ4v) is 8.74. The molecule has 1 heterocycles. The van der Waals surface area contributed by atoms with Gasteiger partial charge in [0.15, 0.2) is 0 Å². The molecule has 5 rings (SSSR count). The monoisotopic (exact) mass is 469 g/mol. The van der Waals surface area contributed by atoms with Crippen molar-refractivity contribution in [2.75, 3.05) is 33.2 Å². The number of nitrogens with zero attached hydrogens (tertiary/aromatic N) is 2. The Morgan fingerprint density at radius 3 is 2.65 bits per heavy atom. The van der Waals surface area contributed by atoms with Gasteiger partial charge in [0.1, 0.15) is 0 Å². The van der Waals surface area contributed by atoms with Crippen LogP contribution in [0.5, 0.6) is 0 Å². The van der Waals surface area contributed by atoms with Gasteiger partial charge in [-0.3, -0.25) is 10.2 Å². The van der Waals surface area contributed by atoms with Crippen LogP contribution in [0.4, 0.5) is 0 Å². The van der Waals surface area contributed by atoms with Crippen LogP contribution in [-0.4, -0.2) is 60.3 Å². The van der Waals surface area contributed by atoms with E-state index in [1.54, 1.807) is 5.57 Å². The van der Waals surface area contributed by atoms with Crippen molar-refractivity contribution in [1.29, 1.82) is 0 Å². The minimum absolute atomic E-state index is 0.0469. The first-order valence-corrected chi connectivity index (χ1v) is 14.1. The fraction of sp³-hybridized carbons (Fsp3) is 0.828. The van der Waals surface area contributed by atoms with Crippen molar-refractivity contribution in [3.63, 3.8) is 0 Å². The van der Waals surface area contributed by atoms with Crippen LogP contribution in [0, 0.1) is 34.5 Å². The van der Waals surface area contributed by atoms with E-state index in [1.807, 2.05) is 0 Å². The van der Waals surface area contributed by atoms with Gasteiger partial charge in [0, 0.05) is 38.0 Å². The Morgan fingerprint density at radius 2 is 1.88 bits per heavy atom. The maximum absolute atomic E-state index is 12.7. The van der Waals surface area contributed by atoms with Gasteiger partial charge in [-0.05, 0) is 87.5 Å². The minimum atomic E-state index is -0.194. The van der Waals surface area contributed by atoms with E-state index < -0.39 is 0 Å². The number of aliphatic hydroxyl groups excluding tert-OH is 1. The third kappa shape index (κ3) is 4.10. The first-order valence-electron chi connectivity index (χ1n) is 14.1. The predicted molar refractivity (Wildman–Crippen MR) is 137 cm³/mol. The van der Waals surface area contributed by atoms with Crippen molar-refractivity contribution in [2.24, 2.45) is 34.5 Å². The summed E-state index contributed by atoms with van der Waals surface area (Å²) in [5.41, 5.74) is 6.58. The molecule has 5 nitrogen and oxygen atoms in total. The SMILES string of the molecule is C[C@H](CCC(=O)NN1CCN(C)CC1)[C@H]1CC[C@H]2C3=CC=C4CCCC(O)[C@]4(C)[C@H]3CC[C@]12C. The number of allylic oxidation sites excluding steroid dienone is 3. The van der Waals surface area contributed by atoms with Crippen LogP contribution in [0.1, 0.15) is 78.6 Å². The van der Waals surface area contributed by atoms with Crippen LogP contribution in [0.2, 0.25) is 0 Å². The Kier molecular flexibility index (Phi) is 6.76. The van der Waals surface area contributed by atoms with Crippen molar-refractivity contribution in [1.82, 2.24) is 15.3 Å². The lowest BCUT2D eigenvalue weighted by atomic mass is 9.49. The number of likely N-dealkylation sites (N-methyl/N-ethyl adjacent to an activating group) is 1. The molecule has 1 unspecified atom stereocenters. The average molecular weight is 470 g/mol. The number of aliphatic hydroxyl groups is 1. The summed E-state index contributed by atoms with van der Waals surface area (Å²) >= 11 is 0. The molecule has 1 amide bonds. The highest BCUT2D eigenvalue weighted by Crippen LogP contribution is 2.66. The summed E-state index contributed by atoms with van der Waals surface area (Å²) < 4.78 is 0. The van der Waals surface area contributed by atoms with Crippen molar-refractivity contribution in [3.05, 3.63) is 23.3 Å². The number of rotatable bonds is 5. The van der Waals surface area contributed by atoms with Crippen LogP contribution >= 0.6 is 0 Å². The number of carbonyl (C=O) groups is 1. The van der Waals surface area contributed by atoms with Gasteiger partial charge in [-0.2, -0.15) is 0 Å². The zero-order valence-corrected chi connectivity index (χ0v) is 22.0. The van der Waals surface area contributed by atoms with E-state index in [1.165, 1.54) is 31.3 Å². The lowest BCUT2D eigenvalue weighted by Crippen LogP contribution is -2.52. The molecular formula is C29H47N3O2. The number of hydrogen-bond acceptors (Lipinski definition) is 4. The molecule has 34 heavy (non-hydrogen) atoms. The number of carbonyl (C=O) groups excluding carboxylic acids is 1. The van der Waals surface area contributed by atoms with E-state index in [4.69, 9.17) is 0 Å². The summed E-state index contributed by atoms with van der Waals surface area (Å²) in [5, 5.41) is 13.2. The van der Waals surface area contributed by atoms with E-state index in [2.05, 4.69) is 55.3 Å². The summed E-state index contributed by atoms with van der Waals surface area (Å²) in [5.74, 6) is 2.60. The van der Waals surface area contributed by atoms with Gasteiger partial charge in [0.25, 0.3) is 0 Å². The molecule has 5 heteroatoms. The highest BCUT2D eigenvalue weighted by Gasteiger charge is 2.58.